The number of benzene rings is 3. The zero-order valence-electron chi connectivity index (χ0n) is 20.9. The molecular weight excluding hydrogens is 494 g/mol. The fraction of sp³-hybridized carbons (Fsp3) is 0.200. The largest absolute Gasteiger partial charge is 0.341 e. The molecule has 8 heteroatoms. The molecule has 1 atom stereocenters. The van der Waals surface area contributed by atoms with Crippen molar-refractivity contribution in [2.24, 2.45) is 0 Å². The third-order valence-corrected chi connectivity index (χ3v) is 8.40. The number of anilines is 1. The van der Waals surface area contributed by atoms with E-state index in [0.717, 1.165) is 47.4 Å². The molecule has 0 bridgehead atoms. The van der Waals surface area contributed by atoms with Crippen LogP contribution in [0.5, 0.6) is 0 Å². The summed E-state index contributed by atoms with van der Waals surface area (Å²) in [5.41, 5.74) is 5.77. The maximum Gasteiger partial charge on any atom is 0.261 e. The third kappa shape index (κ3) is 5.18. The number of imidazole rings is 1. The van der Waals surface area contributed by atoms with Gasteiger partial charge in [0.15, 0.2) is 0 Å². The lowest BCUT2D eigenvalue weighted by Gasteiger charge is -2.34. The third-order valence-electron chi connectivity index (χ3n) is 7.02. The first-order chi connectivity index (χ1) is 18.5. The van der Waals surface area contributed by atoms with Gasteiger partial charge in [-0.25, -0.2) is 13.4 Å². The van der Waals surface area contributed by atoms with Crippen LogP contribution in [0.3, 0.4) is 0 Å². The molecule has 0 fully saturated rings. The van der Waals surface area contributed by atoms with E-state index in [9.17, 15) is 8.42 Å². The first-order valence-electron chi connectivity index (χ1n) is 12.8. The predicted molar refractivity (Wildman–Crippen MR) is 149 cm³/mol. The van der Waals surface area contributed by atoms with Crippen LogP contribution >= 0.6 is 0 Å². The first-order valence-corrected chi connectivity index (χ1v) is 14.3. The number of nitrogens with one attached hydrogen (secondary N) is 2. The lowest BCUT2D eigenvalue weighted by atomic mass is 9.90. The molecule has 1 aliphatic carbocycles. The number of aromatic nitrogens is 3. The van der Waals surface area contributed by atoms with Gasteiger partial charge in [-0.15, -0.1) is 0 Å². The Kier molecular flexibility index (Phi) is 6.66. The number of rotatable bonds is 8. The number of sulfonamides is 1. The van der Waals surface area contributed by atoms with E-state index in [0.29, 0.717) is 18.8 Å². The molecular formula is C30H29N5O2S. The first kappa shape index (κ1) is 24.3. The molecule has 0 aliphatic heterocycles. The van der Waals surface area contributed by atoms with E-state index in [-0.39, 0.29) is 10.9 Å². The minimum absolute atomic E-state index is 0.107. The molecule has 6 rings (SSSR count). The van der Waals surface area contributed by atoms with Gasteiger partial charge >= 0.3 is 0 Å². The van der Waals surface area contributed by atoms with Gasteiger partial charge in [-0.1, -0.05) is 48.5 Å². The van der Waals surface area contributed by atoms with E-state index in [1.54, 1.807) is 42.5 Å². The number of aromatic amines is 1. The summed E-state index contributed by atoms with van der Waals surface area (Å²) >= 11 is 0. The SMILES string of the molecule is O=S(=O)(Nc1ccccc1)c1cccc(CN(Cc2nc3ccccc3[nH]2)C2CCCc3cccnc32)c1. The number of hydrogen-bond acceptors (Lipinski definition) is 5. The molecule has 5 aromatic rings. The Morgan fingerprint density at radius 1 is 0.921 bits per heavy atom. The summed E-state index contributed by atoms with van der Waals surface area (Å²) in [6.45, 7) is 1.15. The van der Waals surface area contributed by atoms with E-state index in [1.165, 1.54) is 5.56 Å². The second-order valence-corrected chi connectivity index (χ2v) is 11.4. The van der Waals surface area contributed by atoms with E-state index in [2.05, 4.69) is 20.7 Å². The van der Waals surface area contributed by atoms with Crippen molar-refractivity contribution >= 4 is 26.7 Å². The molecule has 2 heterocycles. The standard InChI is InChI=1S/C30H29N5O2S/c36-38(37,34-24-12-2-1-3-13-24)25-14-6-9-22(19-25)20-35(21-29-32-26-15-4-5-16-27(26)33-29)28-17-7-10-23-11-8-18-31-30(23)28/h1-6,8-9,11-16,18-19,28,34H,7,10,17,20-21H2,(H,32,33). The van der Waals surface area contributed by atoms with Gasteiger partial charge in [0.2, 0.25) is 0 Å². The molecule has 2 aromatic heterocycles. The van der Waals surface area contributed by atoms with Gasteiger partial charge in [-0.3, -0.25) is 14.6 Å². The van der Waals surface area contributed by atoms with E-state index in [4.69, 9.17) is 9.97 Å². The molecule has 3 aromatic carbocycles. The smallest absolute Gasteiger partial charge is 0.261 e. The van der Waals surface area contributed by atoms with Crippen molar-refractivity contribution in [1.82, 2.24) is 19.9 Å². The summed E-state index contributed by atoms with van der Waals surface area (Å²) in [6.07, 6.45) is 4.95. The fourth-order valence-corrected chi connectivity index (χ4v) is 6.38. The van der Waals surface area contributed by atoms with Crippen molar-refractivity contribution in [3.05, 3.63) is 120 Å². The summed E-state index contributed by atoms with van der Waals surface area (Å²) in [6, 6.07) is 28.4. The Hall–Kier alpha value is -4.01. The van der Waals surface area contributed by atoms with Crippen LogP contribution in [0.15, 0.2) is 102 Å². The van der Waals surface area contributed by atoms with Crippen LogP contribution in [-0.4, -0.2) is 28.3 Å². The van der Waals surface area contributed by atoms with Gasteiger partial charge in [0.1, 0.15) is 5.82 Å². The van der Waals surface area contributed by atoms with Crippen LogP contribution in [0.4, 0.5) is 5.69 Å². The summed E-state index contributed by atoms with van der Waals surface area (Å²) in [5.74, 6) is 0.878. The lowest BCUT2D eigenvalue weighted by Crippen LogP contribution is -2.32. The average Bonchev–Trinajstić information content (AvgIpc) is 3.35. The van der Waals surface area contributed by atoms with Crippen LogP contribution in [0.1, 0.15) is 41.5 Å². The summed E-state index contributed by atoms with van der Waals surface area (Å²) in [4.78, 5) is 15.7. The van der Waals surface area contributed by atoms with E-state index in [1.807, 2.05) is 48.7 Å². The Morgan fingerprint density at radius 2 is 1.76 bits per heavy atom. The van der Waals surface area contributed by atoms with Gasteiger partial charge in [-0.2, -0.15) is 0 Å². The number of fused-ring (bicyclic) bond motifs is 2. The minimum atomic E-state index is -3.72. The van der Waals surface area contributed by atoms with Crippen LogP contribution < -0.4 is 4.72 Å². The summed E-state index contributed by atoms with van der Waals surface area (Å²) in [7, 11) is -3.72. The fourth-order valence-electron chi connectivity index (χ4n) is 5.26. The molecule has 38 heavy (non-hydrogen) atoms. The molecule has 192 valence electrons. The summed E-state index contributed by atoms with van der Waals surface area (Å²) < 4.78 is 29.0. The maximum atomic E-state index is 13.1. The van der Waals surface area contributed by atoms with E-state index >= 15 is 0 Å². The molecule has 0 saturated carbocycles. The normalized spacial score (nSPS) is 15.4. The zero-order valence-corrected chi connectivity index (χ0v) is 21.7. The number of pyridine rings is 1. The molecule has 2 N–H and O–H groups in total. The number of nitrogens with zero attached hydrogens (tertiary/aromatic N) is 3. The van der Waals surface area contributed by atoms with Crippen LogP contribution in [-0.2, 0) is 29.5 Å². The molecule has 0 amide bonds. The monoisotopic (exact) mass is 523 g/mol. The number of hydrogen-bond donors (Lipinski definition) is 2. The summed E-state index contributed by atoms with van der Waals surface area (Å²) in [5, 5.41) is 0. The Bertz CT molecular complexity index is 1630. The molecule has 1 unspecified atom stereocenters. The van der Waals surface area contributed by atoms with Crippen molar-refractivity contribution in [3.8, 4) is 0 Å². The average molecular weight is 524 g/mol. The second-order valence-electron chi connectivity index (χ2n) is 9.68. The Labute approximate surface area is 222 Å². The topological polar surface area (TPSA) is 91.0 Å². The highest BCUT2D eigenvalue weighted by Crippen LogP contribution is 2.35. The van der Waals surface area contributed by atoms with Gasteiger partial charge < -0.3 is 4.98 Å². The number of para-hydroxylation sites is 3. The molecule has 7 nitrogen and oxygen atoms in total. The highest BCUT2D eigenvalue weighted by molar-refractivity contribution is 7.92. The maximum absolute atomic E-state index is 13.1. The van der Waals surface area contributed by atoms with Gasteiger partial charge in [0.25, 0.3) is 10.0 Å². The number of aryl methyl sites for hydroxylation is 1. The predicted octanol–water partition coefficient (Wildman–Crippen LogP) is 5.84. The van der Waals surface area contributed by atoms with Crippen molar-refractivity contribution < 1.29 is 8.42 Å². The van der Waals surface area contributed by atoms with Crippen molar-refractivity contribution in [2.75, 3.05) is 4.72 Å². The second kappa shape index (κ2) is 10.4. The van der Waals surface area contributed by atoms with Crippen LogP contribution in [0.2, 0.25) is 0 Å². The molecule has 0 saturated heterocycles. The van der Waals surface area contributed by atoms with E-state index < -0.39 is 10.0 Å². The highest BCUT2D eigenvalue weighted by atomic mass is 32.2. The molecule has 0 radical (unpaired) electrons. The highest BCUT2D eigenvalue weighted by Gasteiger charge is 2.28. The van der Waals surface area contributed by atoms with Gasteiger partial charge in [0, 0.05) is 18.4 Å². The van der Waals surface area contributed by atoms with Crippen LogP contribution in [0, 0.1) is 0 Å². The zero-order chi connectivity index (χ0) is 26.0. The van der Waals surface area contributed by atoms with Gasteiger partial charge in [-0.05, 0) is 72.9 Å². The minimum Gasteiger partial charge on any atom is -0.341 e. The quantitative estimate of drug-likeness (QED) is 0.267. The molecule has 1 aliphatic rings. The molecule has 0 spiro atoms. The number of H-pyrrole nitrogens is 1. The van der Waals surface area contributed by atoms with Crippen molar-refractivity contribution in [1.29, 1.82) is 0 Å². The Morgan fingerprint density at radius 3 is 2.63 bits per heavy atom. The van der Waals surface area contributed by atoms with Crippen molar-refractivity contribution in [3.63, 3.8) is 0 Å². The van der Waals surface area contributed by atoms with Crippen molar-refractivity contribution in [2.45, 2.75) is 43.3 Å². The van der Waals surface area contributed by atoms with Gasteiger partial charge in [0.05, 0.1) is 34.2 Å². The van der Waals surface area contributed by atoms with Crippen LogP contribution in [0.25, 0.3) is 11.0 Å². The Balaban J connectivity index is 1.32. The lowest BCUT2D eigenvalue weighted by molar-refractivity contribution is 0.153.